The summed E-state index contributed by atoms with van der Waals surface area (Å²) in [7, 11) is 4.84. The van der Waals surface area contributed by atoms with Crippen LogP contribution in [0, 0.1) is 0 Å². The van der Waals surface area contributed by atoms with Gasteiger partial charge in [0.15, 0.2) is 11.5 Å². The smallest absolute Gasteiger partial charge is 0.203 e. The number of hydrogen-bond donors (Lipinski definition) is 1. The van der Waals surface area contributed by atoms with Crippen LogP contribution in [0.3, 0.4) is 0 Å². The third kappa shape index (κ3) is 2.95. The van der Waals surface area contributed by atoms with E-state index in [0.29, 0.717) is 17.2 Å². The molecule has 1 aliphatic heterocycles. The average Bonchev–Trinajstić information content (AvgIpc) is 3.11. The molecule has 0 bridgehead atoms. The van der Waals surface area contributed by atoms with E-state index in [-0.39, 0.29) is 6.04 Å². The van der Waals surface area contributed by atoms with Gasteiger partial charge in [-0.3, -0.25) is 0 Å². The molecular formula is C18H20N2O3. The van der Waals surface area contributed by atoms with Gasteiger partial charge in [-0.15, -0.1) is 0 Å². The third-order valence-electron chi connectivity index (χ3n) is 3.95. The van der Waals surface area contributed by atoms with Crippen LogP contribution in [0.5, 0.6) is 17.2 Å². The van der Waals surface area contributed by atoms with Crippen molar-refractivity contribution in [1.29, 1.82) is 0 Å². The zero-order chi connectivity index (χ0) is 16.2. The second-order valence-electron chi connectivity index (χ2n) is 5.27. The van der Waals surface area contributed by atoms with Crippen molar-refractivity contribution in [2.45, 2.75) is 12.5 Å². The second kappa shape index (κ2) is 6.60. The molecule has 0 amide bonds. The molecule has 120 valence electrons. The molecule has 0 aromatic heterocycles. The molecule has 0 saturated heterocycles. The number of methoxy groups -OCH3 is 3. The van der Waals surface area contributed by atoms with Gasteiger partial charge >= 0.3 is 0 Å². The van der Waals surface area contributed by atoms with Crippen molar-refractivity contribution in [3.05, 3.63) is 53.6 Å². The predicted molar refractivity (Wildman–Crippen MR) is 89.6 cm³/mol. The van der Waals surface area contributed by atoms with Gasteiger partial charge in [0, 0.05) is 6.42 Å². The molecule has 0 spiro atoms. The molecule has 0 fully saturated rings. The van der Waals surface area contributed by atoms with Gasteiger partial charge in [0.05, 0.1) is 33.1 Å². The first-order chi connectivity index (χ1) is 11.3. The van der Waals surface area contributed by atoms with Gasteiger partial charge in [0.1, 0.15) is 0 Å². The maximum Gasteiger partial charge on any atom is 0.203 e. The number of rotatable bonds is 5. The lowest BCUT2D eigenvalue weighted by atomic mass is 9.98. The lowest BCUT2D eigenvalue weighted by molar-refractivity contribution is 0.323. The van der Waals surface area contributed by atoms with Crippen molar-refractivity contribution in [3.8, 4) is 17.2 Å². The molecule has 2 aromatic rings. The molecule has 2 aromatic carbocycles. The van der Waals surface area contributed by atoms with Crippen LogP contribution in [0.25, 0.3) is 0 Å². The fraction of sp³-hybridized carbons (Fsp3) is 0.278. The Kier molecular flexibility index (Phi) is 4.37. The van der Waals surface area contributed by atoms with Gasteiger partial charge in [0.25, 0.3) is 0 Å². The summed E-state index contributed by atoms with van der Waals surface area (Å²) in [6.07, 6.45) is 0.808. The molecule has 0 radical (unpaired) electrons. The van der Waals surface area contributed by atoms with Gasteiger partial charge in [-0.25, -0.2) is 0 Å². The first-order valence-corrected chi connectivity index (χ1v) is 7.44. The highest BCUT2D eigenvalue weighted by Gasteiger charge is 2.24. The molecule has 5 nitrogen and oxygen atoms in total. The predicted octanol–water partition coefficient (Wildman–Crippen LogP) is 3.15. The quantitative estimate of drug-likeness (QED) is 0.921. The van der Waals surface area contributed by atoms with Gasteiger partial charge in [0.2, 0.25) is 5.75 Å². The lowest BCUT2D eigenvalue weighted by Gasteiger charge is -2.17. The van der Waals surface area contributed by atoms with Crippen molar-refractivity contribution in [2.75, 3.05) is 21.3 Å². The largest absolute Gasteiger partial charge is 0.493 e. The maximum absolute atomic E-state index is 5.42. The van der Waals surface area contributed by atoms with Gasteiger partial charge in [-0.05, 0) is 23.3 Å². The molecule has 0 aliphatic carbocycles. The molecular weight excluding hydrogens is 292 g/mol. The number of benzene rings is 2. The minimum absolute atomic E-state index is 0.0823. The van der Waals surface area contributed by atoms with E-state index in [2.05, 4.69) is 22.7 Å². The molecule has 5 heteroatoms. The average molecular weight is 312 g/mol. The summed E-state index contributed by atoms with van der Waals surface area (Å²) < 4.78 is 16.2. The molecule has 1 N–H and O–H groups in total. The fourth-order valence-corrected chi connectivity index (χ4v) is 2.75. The molecule has 23 heavy (non-hydrogen) atoms. The summed E-state index contributed by atoms with van der Waals surface area (Å²) in [5.41, 5.74) is 6.43. The van der Waals surface area contributed by atoms with E-state index in [4.69, 9.17) is 14.2 Å². The Morgan fingerprint density at radius 2 is 1.61 bits per heavy atom. The van der Waals surface area contributed by atoms with Crippen molar-refractivity contribution in [1.82, 2.24) is 5.43 Å². The minimum atomic E-state index is 0.0823. The Labute approximate surface area is 135 Å². The van der Waals surface area contributed by atoms with Crippen LogP contribution in [-0.4, -0.2) is 27.0 Å². The van der Waals surface area contributed by atoms with Crippen molar-refractivity contribution < 1.29 is 14.2 Å². The van der Waals surface area contributed by atoms with Crippen molar-refractivity contribution >= 4 is 5.71 Å². The van der Waals surface area contributed by atoms with Crippen molar-refractivity contribution in [2.24, 2.45) is 5.10 Å². The molecule has 1 aliphatic rings. The Bertz CT molecular complexity index is 688. The first-order valence-electron chi connectivity index (χ1n) is 7.44. The summed E-state index contributed by atoms with van der Waals surface area (Å²) in [6.45, 7) is 0. The van der Waals surface area contributed by atoms with E-state index >= 15 is 0 Å². The van der Waals surface area contributed by atoms with Crippen LogP contribution in [0.15, 0.2) is 47.6 Å². The number of hydrogen-bond acceptors (Lipinski definition) is 5. The number of ether oxygens (including phenoxy) is 3. The zero-order valence-corrected chi connectivity index (χ0v) is 13.5. The number of nitrogens with one attached hydrogen (secondary N) is 1. The normalized spacial score (nSPS) is 16.5. The molecule has 1 heterocycles. The van der Waals surface area contributed by atoms with Gasteiger partial charge in [-0.1, -0.05) is 30.3 Å². The highest BCUT2D eigenvalue weighted by atomic mass is 16.5. The number of hydrazone groups is 1. The highest BCUT2D eigenvalue weighted by molar-refractivity contribution is 6.01. The summed E-state index contributed by atoms with van der Waals surface area (Å²) in [6, 6.07) is 14.2. The highest BCUT2D eigenvalue weighted by Crippen LogP contribution is 2.40. The van der Waals surface area contributed by atoms with Crippen LogP contribution in [0.1, 0.15) is 23.6 Å². The van der Waals surface area contributed by atoms with E-state index in [1.165, 1.54) is 0 Å². The molecule has 1 unspecified atom stereocenters. The summed E-state index contributed by atoms with van der Waals surface area (Å²) in [5.74, 6) is 1.90. The fourth-order valence-electron chi connectivity index (χ4n) is 2.75. The Balaban J connectivity index is 1.87. The zero-order valence-electron chi connectivity index (χ0n) is 13.5. The van der Waals surface area contributed by atoms with E-state index in [9.17, 15) is 0 Å². The monoisotopic (exact) mass is 312 g/mol. The van der Waals surface area contributed by atoms with Crippen LogP contribution < -0.4 is 19.6 Å². The molecule has 1 atom stereocenters. The first kappa shape index (κ1) is 15.2. The third-order valence-corrected chi connectivity index (χ3v) is 3.95. The van der Waals surface area contributed by atoms with E-state index in [1.54, 1.807) is 21.3 Å². The lowest BCUT2D eigenvalue weighted by Crippen LogP contribution is -2.11. The SMILES string of the molecule is COc1cc(C2CC(c3ccccc3)=NN2)cc(OC)c1OC. The van der Waals surface area contributed by atoms with E-state index < -0.39 is 0 Å². The van der Waals surface area contributed by atoms with Gasteiger partial charge < -0.3 is 19.6 Å². The van der Waals surface area contributed by atoms with Crippen LogP contribution in [0.4, 0.5) is 0 Å². The number of nitrogens with zero attached hydrogens (tertiary/aromatic N) is 1. The summed E-state index contributed by atoms with van der Waals surface area (Å²) in [4.78, 5) is 0. The van der Waals surface area contributed by atoms with E-state index in [0.717, 1.165) is 23.3 Å². The summed E-state index contributed by atoms with van der Waals surface area (Å²) >= 11 is 0. The Morgan fingerprint density at radius 1 is 0.957 bits per heavy atom. The Morgan fingerprint density at radius 3 is 2.17 bits per heavy atom. The molecule has 0 saturated carbocycles. The minimum Gasteiger partial charge on any atom is -0.493 e. The Hall–Kier alpha value is -2.69. The van der Waals surface area contributed by atoms with Crippen LogP contribution in [-0.2, 0) is 0 Å². The van der Waals surface area contributed by atoms with Crippen LogP contribution in [0.2, 0.25) is 0 Å². The summed E-state index contributed by atoms with van der Waals surface area (Å²) in [5, 5.41) is 4.47. The van der Waals surface area contributed by atoms with Crippen LogP contribution >= 0.6 is 0 Å². The maximum atomic E-state index is 5.42. The second-order valence-corrected chi connectivity index (χ2v) is 5.27. The van der Waals surface area contributed by atoms with E-state index in [1.807, 2.05) is 30.3 Å². The van der Waals surface area contributed by atoms with Crippen molar-refractivity contribution in [3.63, 3.8) is 0 Å². The molecule has 3 rings (SSSR count). The topological polar surface area (TPSA) is 52.1 Å². The standard InChI is InChI=1S/C18H20N2O3/c1-21-16-9-13(10-17(22-2)18(16)23-3)15-11-14(19-20-15)12-7-5-4-6-8-12/h4-10,15,20H,11H2,1-3H3. The van der Waals surface area contributed by atoms with Gasteiger partial charge in [-0.2, -0.15) is 5.10 Å².